The zero-order valence-corrected chi connectivity index (χ0v) is 11.3. The van der Waals surface area contributed by atoms with Crippen LogP contribution in [-0.2, 0) is 6.54 Å². The molecule has 3 aromatic heterocycles. The Kier molecular flexibility index (Phi) is 3.39. The van der Waals surface area contributed by atoms with Crippen molar-refractivity contribution in [2.24, 2.45) is 0 Å². The lowest BCUT2D eigenvalue weighted by molar-refractivity contribution is 0.845. The van der Waals surface area contributed by atoms with Crippen LogP contribution in [0.25, 0.3) is 5.82 Å². The molecule has 0 radical (unpaired) electrons. The number of aromatic nitrogens is 5. The van der Waals surface area contributed by atoms with Crippen LogP contribution in [-0.4, -0.2) is 24.7 Å². The molecule has 3 heterocycles. The van der Waals surface area contributed by atoms with Crippen LogP contribution in [0.3, 0.4) is 0 Å². The van der Waals surface area contributed by atoms with E-state index in [2.05, 4.69) is 25.4 Å². The Morgan fingerprint density at radius 2 is 2.21 bits per heavy atom. The SMILES string of the molecule is Clc1cnc(CNc2ccc(-n3cncn3)nc2)s1. The van der Waals surface area contributed by atoms with Crippen LogP contribution in [0.5, 0.6) is 0 Å². The third-order valence-corrected chi connectivity index (χ3v) is 3.49. The highest BCUT2D eigenvalue weighted by molar-refractivity contribution is 7.15. The summed E-state index contributed by atoms with van der Waals surface area (Å²) in [5, 5.41) is 8.18. The summed E-state index contributed by atoms with van der Waals surface area (Å²) in [4.78, 5) is 12.3. The zero-order valence-electron chi connectivity index (χ0n) is 9.69. The van der Waals surface area contributed by atoms with Gasteiger partial charge in [0.05, 0.1) is 24.6 Å². The first-order chi connectivity index (χ1) is 9.31. The number of anilines is 1. The maximum Gasteiger partial charge on any atom is 0.155 e. The van der Waals surface area contributed by atoms with Crippen LogP contribution in [0.2, 0.25) is 4.34 Å². The molecule has 0 aliphatic rings. The van der Waals surface area contributed by atoms with Gasteiger partial charge in [0.2, 0.25) is 0 Å². The second-order valence-electron chi connectivity index (χ2n) is 3.66. The Hall–Kier alpha value is -1.99. The number of nitrogens with one attached hydrogen (secondary N) is 1. The third kappa shape index (κ3) is 2.88. The first-order valence-electron chi connectivity index (χ1n) is 5.46. The molecular weight excluding hydrogens is 284 g/mol. The van der Waals surface area contributed by atoms with Crippen molar-refractivity contribution in [2.45, 2.75) is 6.54 Å². The number of halogens is 1. The molecule has 1 N–H and O–H groups in total. The fraction of sp³-hybridized carbons (Fsp3) is 0.0909. The number of hydrogen-bond acceptors (Lipinski definition) is 6. The van der Waals surface area contributed by atoms with Crippen molar-refractivity contribution in [2.75, 3.05) is 5.32 Å². The molecule has 0 aliphatic heterocycles. The van der Waals surface area contributed by atoms with E-state index in [4.69, 9.17) is 11.6 Å². The van der Waals surface area contributed by atoms with E-state index in [-0.39, 0.29) is 0 Å². The smallest absolute Gasteiger partial charge is 0.155 e. The number of thiazole rings is 1. The summed E-state index contributed by atoms with van der Waals surface area (Å²) in [5.41, 5.74) is 0.912. The first kappa shape index (κ1) is 12.1. The van der Waals surface area contributed by atoms with E-state index in [0.29, 0.717) is 10.9 Å². The molecule has 8 heteroatoms. The van der Waals surface area contributed by atoms with Crippen LogP contribution < -0.4 is 5.32 Å². The van der Waals surface area contributed by atoms with Crippen LogP contribution in [0.4, 0.5) is 5.69 Å². The fourth-order valence-corrected chi connectivity index (χ4v) is 2.40. The molecule has 0 bridgehead atoms. The Morgan fingerprint density at radius 1 is 1.26 bits per heavy atom. The first-order valence-corrected chi connectivity index (χ1v) is 6.66. The van der Waals surface area contributed by atoms with Gasteiger partial charge in [0.25, 0.3) is 0 Å². The molecule has 0 aliphatic carbocycles. The Morgan fingerprint density at radius 3 is 2.84 bits per heavy atom. The molecule has 96 valence electrons. The summed E-state index contributed by atoms with van der Waals surface area (Å²) >= 11 is 7.28. The molecule has 19 heavy (non-hydrogen) atoms. The molecule has 6 nitrogen and oxygen atoms in total. The predicted molar refractivity (Wildman–Crippen MR) is 73.6 cm³/mol. The van der Waals surface area contributed by atoms with E-state index in [9.17, 15) is 0 Å². The van der Waals surface area contributed by atoms with E-state index < -0.39 is 0 Å². The summed E-state index contributed by atoms with van der Waals surface area (Å²) in [6, 6.07) is 3.80. The number of hydrogen-bond donors (Lipinski definition) is 1. The Labute approximate surface area is 118 Å². The highest BCUT2D eigenvalue weighted by atomic mass is 35.5. The van der Waals surface area contributed by atoms with Crippen molar-refractivity contribution >= 4 is 28.6 Å². The summed E-state index contributed by atoms with van der Waals surface area (Å²) in [6.07, 6.45) is 6.47. The quantitative estimate of drug-likeness (QED) is 0.799. The summed E-state index contributed by atoms with van der Waals surface area (Å²) < 4.78 is 2.29. The molecule has 0 amide bonds. The van der Waals surface area contributed by atoms with Gasteiger partial charge in [-0.15, -0.1) is 11.3 Å². The molecule has 0 aromatic carbocycles. The Balaban J connectivity index is 1.66. The molecule has 0 fully saturated rings. The summed E-state index contributed by atoms with van der Waals surface area (Å²) in [6.45, 7) is 0.627. The number of nitrogens with zero attached hydrogens (tertiary/aromatic N) is 5. The van der Waals surface area contributed by atoms with Gasteiger partial charge < -0.3 is 5.32 Å². The van der Waals surface area contributed by atoms with Crippen molar-refractivity contribution < 1.29 is 0 Å². The minimum atomic E-state index is 0.627. The van der Waals surface area contributed by atoms with Crippen molar-refractivity contribution in [3.8, 4) is 5.82 Å². The maximum atomic E-state index is 5.82. The summed E-state index contributed by atoms with van der Waals surface area (Å²) in [5.74, 6) is 0.723. The van der Waals surface area contributed by atoms with Gasteiger partial charge in [-0.05, 0) is 12.1 Å². The van der Waals surface area contributed by atoms with Gasteiger partial charge in [-0.25, -0.2) is 19.6 Å². The second kappa shape index (κ2) is 5.33. The maximum absolute atomic E-state index is 5.82. The van der Waals surface area contributed by atoms with Crippen molar-refractivity contribution in [3.63, 3.8) is 0 Å². The molecule has 3 aromatic rings. The van der Waals surface area contributed by atoms with Crippen LogP contribution in [0, 0.1) is 0 Å². The molecule has 3 rings (SSSR count). The number of rotatable bonds is 4. The molecule has 0 spiro atoms. The third-order valence-electron chi connectivity index (χ3n) is 2.37. The molecule has 0 unspecified atom stereocenters. The van der Waals surface area contributed by atoms with Crippen molar-refractivity contribution in [1.82, 2.24) is 24.7 Å². The van der Waals surface area contributed by atoms with E-state index >= 15 is 0 Å². The Bertz CT molecular complexity index is 648. The highest BCUT2D eigenvalue weighted by Gasteiger charge is 2.01. The lowest BCUT2D eigenvalue weighted by Crippen LogP contribution is -2.01. The van der Waals surface area contributed by atoms with Gasteiger partial charge in [-0.2, -0.15) is 5.10 Å². The predicted octanol–water partition coefficient (Wildman–Crippen LogP) is 2.38. The number of pyridine rings is 1. The minimum Gasteiger partial charge on any atom is -0.377 e. The van der Waals surface area contributed by atoms with Gasteiger partial charge in [0.15, 0.2) is 5.82 Å². The minimum absolute atomic E-state index is 0.627. The molecular formula is C11H9ClN6S. The monoisotopic (exact) mass is 292 g/mol. The lowest BCUT2D eigenvalue weighted by Gasteiger charge is -2.04. The van der Waals surface area contributed by atoms with Crippen molar-refractivity contribution in [3.05, 3.63) is 46.5 Å². The molecule has 0 saturated heterocycles. The van der Waals surface area contributed by atoms with Gasteiger partial charge in [0.1, 0.15) is 22.0 Å². The fourth-order valence-electron chi connectivity index (χ4n) is 1.50. The van der Waals surface area contributed by atoms with E-state index in [1.165, 1.54) is 17.7 Å². The van der Waals surface area contributed by atoms with Crippen molar-refractivity contribution in [1.29, 1.82) is 0 Å². The average Bonchev–Trinajstić information content (AvgIpc) is 3.08. The highest BCUT2D eigenvalue weighted by Crippen LogP contribution is 2.19. The summed E-state index contributed by atoms with van der Waals surface area (Å²) in [7, 11) is 0. The van der Waals surface area contributed by atoms with Gasteiger partial charge >= 0.3 is 0 Å². The molecule has 0 atom stereocenters. The van der Waals surface area contributed by atoms with E-state index in [1.807, 2.05) is 12.1 Å². The van der Waals surface area contributed by atoms with Gasteiger partial charge in [0, 0.05) is 0 Å². The standard InChI is InChI=1S/C11H9ClN6S/c12-9-4-16-11(19-9)5-14-8-1-2-10(15-3-8)18-7-13-6-17-18/h1-4,6-7,14H,5H2. The normalized spacial score (nSPS) is 10.6. The van der Waals surface area contributed by atoms with Gasteiger partial charge in [-0.3, -0.25) is 0 Å². The van der Waals surface area contributed by atoms with Crippen LogP contribution >= 0.6 is 22.9 Å². The van der Waals surface area contributed by atoms with Gasteiger partial charge in [-0.1, -0.05) is 11.6 Å². The molecule has 0 saturated carbocycles. The lowest BCUT2D eigenvalue weighted by atomic mass is 10.4. The van der Waals surface area contributed by atoms with E-state index in [0.717, 1.165) is 16.5 Å². The average molecular weight is 293 g/mol. The topological polar surface area (TPSA) is 68.5 Å². The zero-order chi connectivity index (χ0) is 13.1. The van der Waals surface area contributed by atoms with Crippen LogP contribution in [0.15, 0.2) is 37.2 Å². The largest absolute Gasteiger partial charge is 0.377 e. The second-order valence-corrected chi connectivity index (χ2v) is 5.40. The van der Waals surface area contributed by atoms with E-state index in [1.54, 1.807) is 23.4 Å². The van der Waals surface area contributed by atoms with Crippen LogP contribution in [0.1, 0.15) is 5.01 Å².